The van der Waals surface area contributed by atoms with Gasteiger partial charge in [0.1, 0.15) is 5.01 Å². The van der Waals surface area contributed by atoms with Crippen molar-refractivity contribution in [3.05, 3.63) is 29.3 Å². The highest BCUT2D eigenvalue weighted by Gasteiger charge is 2.18. The first-order valence-electron chi connectivity index (χ1n) is 6.64. The van der Waals surface area contributed by atoms with E-state index in [2.05, 4.69) is 28.5 Å². The predicted molar refractivity (Wildman–Crippen MR) is 76.7 cm³/mol. The smallest absolute Gasteiger partial charge is 0.108 e. The lowest BCUT2D eigenvalue weighted by Gasteiger charge is -2.27. The van der Waals surface area contributed by atoms with E-state index in [1.165, 1.54) is 29.0 Å². The van der Waals surface area contributed by atoms with Crippen LogP contribution in [0.25, 0.3) is 10.2 Å². The lowest BCUT2D eigenvalue weighted by molar-refractivity contribution is 0.338. The quantitative estimate of drug-likeness (QED) is 0.893. The Morgan fingerprint density at radius 3 is 3.06 bits per heavy atom. The van der Waals surface area contributed by atoms with Gasteiger partial charge in [0.15, 0.2) is 0 Å². The predicted octanol–water partition coefficient (Wildman–Crippen LogP) is 2.66. The van der Waals surface area contributed by atoms with Crippen LogP contribution < -0.4 is 11.1 Å². The molecule has 1 aliphatic carbocycles. The SMILES string of the molecule is NC1CCCC(NCc2nc3ccccc3s2)C1. The maximum atomic E-state index is 6.00. The number of fused-ring (bicyclic) bond motifs is 1. The highest BCUT2D eigenvalue weighted by atomic mass is 32.1. The van der Waals surface area contributed by atoms with Crippen LogP contribution >= 0.6 is 11.3 Å². The first kappa shape index (κ1) is 12.1. The van der Waals surface area contributed by atoms with Crippen LogP contribution in [0.3, 0.4) is 0 Å². The number of aromatic nitrogens is 1. The van der Waals surface area contributed by atoms with Crippen LogP contribution in [0.4, 0.5) is 0 Å². The third kappa shape index (κ3) is 2.71. The van der Waals surface area contributed by atoms with Gasteiger partial charge in [0.2, 0.25) is 0 Å². The Bertz CT molecular complexity index is 489. The van der Waals surface area contributed by atoms with Gasteiger partial charge < -0.3 is 11.1 Å². The molecule has 1 heterocycles. The van der Waals surface area contributed by atoms with Crippen LogP contribution in [0.1, 0.15) is 30.7 Å². The van der Waals surface area contributed by atoms with E-state index in [1.54, 1.807) is 11.3 Å². The zero-order chi connectivity index (χ0) is 12.4. The molecule has 2 unspecified atom stereocenters. The van der Waals surface area contributed by atoms with Crippen LogP contribution in [-0.2, 0) is 6.54 Å². The second-order valence-electron chi connectivity index (χ2n) is 5.08. The molecule has 2 aromatic rings. The third-order valence-corrected chi connectivity index (χ3v) is 4.63. The van der Waals surface area contributed by atoms with Crippen LogP contribution in [0.15, 0.2) is 24.3 Å². The minimum Gasteiger partial charge on any atom is -0.328 e. The Morgan fingerprint density at radius 2 is 2.22 bits per heavy atom. The van der Waals surface area contributed by atoms with Gasteiger partial charge in [-0.3, -0.25) is 0 Å². The lowest BCUT2D eigenvalue weighted by Crippen LogP contribution is -2.39. The number of nitrogens with two attached hydrogens (primary N) is 1. The van der Waals surface area contributed by atoms with Crippen molar-refractivity contribution in [2.75, 3.05) is 0 Å². The third-order valence-electron chi connectivity index (χ3n) is 3.59. The van der Waals surface area contributed by atoms with E-state index in [9.17, 15) is 0 Å². The van der Waals surface area contributed by atoms with Crippen LogP contribution in [-0.4, -0.2) is 17.1 Å². The maximum Gasteiger partial charge on any atom is 0.108 e. The number of benzene rings is 1. The van der Waals surface area contributed by atoms with Crippen molar-refractivity contribution >= 4 is 21.6 Å². The van der Waals surface area contributed by atoms with Crippen molar-refractivity contribution < 1.29 is 0 Å². The Kier molecular flexibility index (Phi) is 3.59. The van der Waals surface area contributed by atoms with Gasteiger partial charge in [0.25, 0.3) is 0 Å². The molecule has 96 valence electrons. The molecule has 1 aromatic carbocycles. The topological polar surface area (TPSA) is 50.9 Å². The summed E-state index contributed by atoms with van der Waals surface area (Å²) in [4.78, 5) is 4.64. The summed E-state index contributed by atoms with van der Waals surface area (Å²) in [7, 11) is 0. The molecule has 1 aromatic heterocycles. The largest absolute Gasteiger partial charge is 0.328 e. The number of hydrogen-bond donors (Lipinski definition) is 2. The summed E-state index contributed by atoms with van der Waals surface area (Å²) in [6.45, 7) is 0.872. The minimum atomic E-state index is 0.381. The normalized spacial score (nSPS) is 24.5. The van der Waals surface area contributed by atoms with Gasteiger partial charge in [-0.25, -0.2) is 4.98 Å². The Balaban J connectivity index is 1.62. The molecule has 2 atom stereocenters. The van der Waals surface area contributed by atoms with Gasteiger partial charge in [-0.1, -0.05) is 18.6 Å². The molecule has 3 rings (SSSR count). The minimum absolute atomic E-state index is 0.381. The molecule has 0 amide bonds. The molecular weight excluding hydrogens is 242 g/mol. The number of para-hydroxylation sites is 1. The van der Waals surface area contributed by atoms with Gasteiger partial charge in [-0.2, -0.15) is 0 Å². The number of nitrogens with one attached hydrogen (secondary N) is 1. The fraction of sp³-hybridized carbons (Fsp3) is 0.500. The standard InChI is InChI=1S/C14H19N3S/c15-10-4-3-5-11(8-10)16-9-14-17-12-6-1-2-7-13(12)18-14/h1-2,6-7,10-11,16H,3-5,8-9,15H2. The highest BCUT2D eigenvalue weighted by Crippen LogP contribution is 2.22. The zero-order valence-electron chi connectivity index (χ0n) is 10.4. The molecule has 0 bridgehead atoms. The summed E-state index contributed by atoms with van der Waals surface area (Å²) in [6, 6.07) is 9.27. The van der Waals surface area contributed by atoms with Crippen LogP contribution in [0.2, 0.25) is 0 Å². The molecular formula is C14H19N3S. The van der Waals surface area contributed by atoms with Crippen molar-refractivity contribution in [3.63, 3.8) is 0 Å². The molecule has 18 heavy (non-hydrogen) atoms. The van der Waals surface area contributed by atoms with E-state index in [4.69, 9.17) is 5.73 Å². The molecule has 4 heteroatoms. The number of rotatable bonds is 3. The first-order chi connectivity index (χ1) is 8.81. The Hall–Kier alpha value is -0.970. The number of nitrogens with zero attached hydrogens (tertiary/aromatic N) is 1. The molecule has 0 spiro atoms. The monoisotopic (exact) mass is 261 g/mol. The van der Waals surface area contributed by atoms with Gasteiger partial charge in [-0.15, -0.1) is 11.3 Å². The van der Waals surface area contributed by atoms with Crippen molar-refractivity contribution in [2.24, 2.45) is 5.73 Å². The van der Waals surface area contributed by atoms with Crippen molar-refractivity contribution in [1.82, 2.24) is 10.3 Å². The summed E-state index contributed by atoms with van der Waals surface area (Å²) in [5.74, 6) is 0. The maximum absolute atomic E-state index is 6.00. The second-order valence-corrected chi connectivity index (χ2v) is 6.20. The molecule has 3 N–H and O–H groups in total. The molecule has 0 aliphatic heterocycles. The van der Waals surface area contributed by atoms with Crippen molar-refractivity contribution in [3.8, 4) is 0 Å². The van der Waals surface area contributed by atoms with Crippen LogP contribution in [0.5, 0.6) is 0 Å². The van der Waals surface area contributed by atoms with Gasteiger partial charge in [0, 0.05) is 18.6 Å². The summed E-state index contributed by atoms with van der Waals surface area (Å²) >= 11 is 1.78. The molecule has 1 saturated carbocycles. The molecule has 0 saturated heterocycles. The molecule has 1 fully saturated rings. The molecule has 1 aliphatic rings. The summed E-state index contributed by atoms with van der Waals surface area (Å²) in [5.41, 5.74) is 7.11. The molecule has 0 radical (unpaired) electrons. The van der Waals surface area contributed by atoms with Gasteiger partial charge >= 0.3 is 0 Å². The fourth-order valence-electron chi connectivity index (χ4n) is 2.64. The van der Waals surface area contributed by atoms with E-state index >= 15 is 0 Å². The van der Waals surface area contributed by atoms with Crippen molar-refractivity contribution in [2.45, 2.75) is 44.3 Å². The Morgan fingerprint density at radius 1 is 1.33 bits per heavy atom. The van der Waals surface area contributed by atoms with Gasteiger partial charge in [-0.05, 0) is 31.4 Å². The number of thiazole rings is 1. The van der Waals surface area contributed by atoms with E-state index in [1.807, 2.05) is 6.07 Å². The highest BCUT2D eigenvalue weighted by molar-refractivity contribution is 7.18. The lowest BCUT2D eigenvalue weighted by atomic mass is 9.92. The first-order valence-corrected chi connectivity index (χ1v) is 7.46. The molecule has 3 nitrogen and oxygen atoms in total. The van der Waals surface area contributed by atoms with E-state index in [0.29, 0.717) is 12.1 Å². The number of hydrogen-bond acceptors (Lipinski definition) is 4. The van der Waals surface area contributed by atoms with E-state index < -0.39 is 0 Å². The Labute approximate surface area is 111 Å². The van der Waals surface area contributed by atoms with E-state index in [-0.39, 0.29) is 0 Å². The fourth-order valence-corrected chi connectivity index (χ4v) is 3.56. The average Bonchev–Trinajstić information content (AvgIpc) is 2.79. The van der Waals surface area contributed by atoms with Gasteiger partial charge in [0.05, 0.1) is 10.2 Å². The summed E-state index contributed by atoms with van der Waals surface area (Å²) in [6.07, 6.45) is 4.78. The zero-order valence-corrected chi connectivity index (χ0v) is 11.2. The van der Waals surface area contributed by atoms with Crippen molar-refractivity contribution in [1.29, 1.82) is 0 Å². The van der Waals surface area contributed by atoms with E-state index in [0.717, 1.165) is 18.5 Å². The summed E-state index contributed by atoms with van der Waals surface area (Å²) in [5, 5.41) is 4.77. The second kappa shape index (κ2) is 5.34. The average molecular weight is 261 g/mol. The summed E-state index contributed by atoms with van der Waals surface area (Å²) < 4.78 is 1.27. The van der Waals surface area contributed by atoms with Crippen LogP contribution in [0, 0.1) is 0 Å².